The molecular formula is C28H41N. The van der Waals surface area contributed by atoms with Gasteiger partial charge in [0.25, 0.3) is 0 Å². The Labute approximate surface area is 179 Å². The van der Waals surface area contributed by atoms with Crippen molar-refractivity contribution in [2.45, 2.75) is 96.8 Å². The van der Waals surface area contributed by atoms with E-state index < -0.39 is 0 Å². The highest BCUT2D eigenvalue weighted by atomic mass is 14.4. The van der Waals surface area contributed by atoms with Gasteiger partial charge in [-0.2, -0.15) is 5.26 Å². The quantitative estimate of drug-likeness (QED) is 0.387. The summed E-state index contributed by atoms with van der Waals surface area (Å²) in [6.45, 7) is 2.32. The summed E-state index contributed by atoms with van der Waals surface area (Å²) in [5.41, 5.74) is 1.95. The molecule has 0 saturated heterocycles. The average molecular weight is 392 g/mol. The van der Waals surface area contributed by atoms with Crippen molar-refractivity contribution >= 4 is 6.08 Å². The Balaban J connectivity index is 1.29. The number of allylic oxidation sites excluding steroid dienone is 1. The van der Waals surface area contributed by atoms with Crippen LogP contribution in [0, 0.1) is 35.0 Å². The van der Waals surface area contributed by atoms with Crippen LogP contribution in [0.15, 0.2) is 30.3 Å². The van der Waals surface area contributed by atoms with Crippen LogP contribution in [0.3, 0.4) is 0 Å². The van der Waals surface area contributed by atoms with Crippen LogP contribution >= 0.6 is 0 Å². The zero-order valence-electron chi connectivity index (χ0n) is 18.6. The lowest BCUT2D eigenvalue weighted by Gasteiger charge is -2.38. The first-order valence-electron chi connectivity index (χ1n) is 12.4. The van der Waals surface area contributed by atoms with Gasteiger partial charge in [-0.05, 0) is 79.9 Å². The first-order chi connectivity index (χ1) is 14.3. The molecule has 2 saturated carbocycles. The minimum Gasteiger partial charge on any atom is -0.192 e. The Morgan fingerprint density at radius 2 is 1.41 bits per heavy atom. The molecule has 0 unspecified atom stereocenters. The van der Waals surface area contributed by atoms with Gasteiger partial charge in [-0.25, -0.2) is 0 Å². The lowest BCUT2D eigenvalue weighted by Crippen LogP contribution is -2.25. The lowest BCUT2D eigenvalue weighted by atomic mass is 9.68. The summed E-state index contributed by atoms with van der Waals surface area (Å²) in [5.74, 6) is 4.09. The highest BCUT2D eigenvalue weighted by molar-refractivity contribution is 5.50. The fourth-order valence-electron chi connectivity index (χ4n) is 5.80. The van der Waals surface area contributed by atoms with Gasteiger partial charge in [0.05, 0.1) is 11.6 Å². The predicted molar refractivity (Wildman–Crippen MR) is 124 cm³/mol. The van der Waals surface area contributed by atoms with Gasteiger partial charge in [0, 0.05) is 0 Å². The van der Waals surface area contributed by atoms with E-state index in [2.05, 4.69) is 25.1 Å². The van der Waals surface area contributed by atoms with Gasteiger partial charge in [0.1, 0.15) is 0 Å². The Bertz CT molecular complexity index is 634. The number of unbranched alkanes of at least 4 members (excludes halogenated alkanes) is 2. The molecule has 0 N–H and O–H groups in total. The third-order valence-corrected chi connectivity index (χ3v) is 7.76. The van der Waals surface area contributed by atoms with E-state index in [9.17, 15) is 0 Å². The van der Waals surface area contributed by atoms with Crippen LogP contribution in [0.1, 0.15) is 108 Å². The molecule has 0 amide bonds. The van der Waals surface area contributed by atoms with Gasteiger partial charge < -0.3 is 0 Å². The highest BCUT2D eigenvalue weighted by Gasteiger charge is 2.30. The molecule has 1 aromatic carbocycles. The maximum atomic E-state index is 8.87. The number of hydrogen-bond donors (Lipinski definition) is 0. The van der Waals surface area contributed by atoms with Crippen LogP contribution in [0.4, 0.5) is 0 Å². The molecule has 2 aliphatic rings. The molecule has 0 aromatic heterocycles. The summed E-state index contributed by atoms with van der Waals surface area (Å²) in [4.78, 5) is 0. The molecule has 158 valence electrons. The topological polar surface area (TPSA) is 23.8 Å². The summed E-state index contributed by atoms with van der Waals surface area (Å²) < 4.78 is 0. The minimum atomic E-state index is 0.740. The Morgan fingerprint density at radius 3 is 1.97 bits per heavy atom. The van der Waals surface area contributed by atoms with E-state index >= 15 is 0 Å². The highest BCUT2D eigenvalue weighted by Crippen LogP contribution is 2.43. The summed E-state index contributed by atoms with van der Waals surface area (Å²) in [5, 5.41) is 8.87. The van der Waals surface area contributed by atoms with Crippen molar-refractivity contribution in [3.05, 3.63) is 41.5 Å². The Kier molecular flexibility index (Phi) is 9.33. The standard InChI is InChI=1S/C28H41N/c1-2-3-4-7-24-14-18-27(19-15-24)28-20-16-25(17-21-28)9-6-5-8-23-10-12-26(22-29)13-11-23/h5,8,10-13,24-25,27-28H,2-4,6-7,9,14-21H2,1H3/b8-5-. The van der Waals surface area contributed by atoms with Gasteiger partial charge in [0.2, 0.25) is 0 Å². The van der Waals surface area contributed by atoms with E-state index in [-0.39, 0.29) is 0 Å². The lowest BCUT2D eigenvalue weighted by molar-refractivity contribution is 0.140. The maximum absolute atomic E-state index is 8.87. The summed E-state index contributed by atoms with van der Waals surface area (Å²) >= 11 is 0. The molecule has 2 aliphatic carbocycles. The van der Waals surface area contributed by atoms with E-state index in [4.69, 9.17) is 5.26 Å². The predicted octanol–water partition coefficient (Wildman–Crippen LogP) is 8.54. The van der Waals surface area contributed by atoms with Crippen molar-refractivity contribution in [2.24, 2.45) is 23.7 Å². The fraction of sp³-hybridized carbons (Fsp3) is 0.679. The van der Waals surface area contributed by atoms with E-state index in [1.54, 1.807) is 0 Å². The molecular weight excluding hydrogens is 350 g/mol. The van der Waals surface area contributed by atoms with Crippen LogP contribution in [-0.4, -0.2) is 0 Å². The number of nitriles is 1. The minimum absolute atomic E-state index is 0.740. The molecule has 29 heavy (non-hydrogen) atoms. The summed E-state index contributed by atoms with van der Waals surface area (Å²) in [6.07, 6.45) is 24.9. The molecule has 1 nitrogen and oxygen atoms in total. The molecule has 0 bridgehead atoms. The van der Waals surface area contributed by atoms with Crippen LogP contribution in [0.25, 0.3) is 6.08 Å². The number of nitrogens with zero attached hydrogens (tertiary/aromatic N) is 1. The van der Waals surface area contributed by atoms with Crippen LogP contribution in [0.2, 0.25) is 0 Å². The monoisotopic (exact) mass is 391 g/mol. The molecule has 1 heteroatoms. The van der Waals surface area contributed by atoms with Crippen molar-refractivity contribution in [3.63, 3.8) is 0 Å². The summed E-state index contributed by atoms with van der Waals surface area (Å²) in [7, 11) is 0. The average Bonchev–Trinajstić information content (AvgIpc) is 2.78. The number of hydrogen-bond acceptors (Lipinski definition) is 1. The SMILES string of the molecule is CCCCCC1CCC(C2CCC(CC/C=C\c3ccc(C#N)cc3)CC2)CC1. The first-order valence-corrected chi connectivity index (χ1v) is 12.4. The molecule has 0 heterocycles. The fourth-order valence-corrected chi connectivity index (χ4v) is 5.80. The zero-order valence-corrected chi connectivity index (χ0v) is 18.6. The van der Waals surface area contributed by atoms with Crippen LogP contribution in [0.5, 0.6) is 0 Å². The first kappa shape index (κ1) is 22.1. The normalized spacial score (nSPS) is 27.7. The second-order valence-corrected chi connectivity index (χ2v) is 9.77. The van der Waals surface area contributed by atoms with Crippen LogP contribution < -0.4 is 0 Å². The third-order valence-electron chi connectivity index (χ3n) is 7.76. The zero-order chi connectivity index (χ0) is 20.3. The number of benzene rings is 1. The van der Waals surface area contributed by atoms with Crippen molar-refractivity contribution in [1.82, 2.24) is 0 Å². The second-order valence-electron chi connectivity index (χ2n) is 9.77. The van der Waals surface area contributed by atoms with Crippen LogP contribution in [-0.2, 0) is 0 Å². The summed E-state index contributed by atoms with van der Waals surface area (Å²) in [6, 6.07) is 10.1. The molecule has 0 aliphatic heterocycles. The maximum Gasteiger partial charge on any atom is 0.0991 e. The number of rotatable bonds is 9. The molecule has 0 atom stereocenters. The van der Waals surface area contributed by atoms with E-state index in [1.807, 2.05) is 24.3 Å². The van der Waals surface area contributed by atoms with Gasteiger partial charge >= 0.3 is 0 Å². The molecule has 0 spiro atoms. The van der Waals surface area contributed by atoms with E-state index in [0.29, 0.717) is 0 Å². The van der Waals surface area contributed by atoms with Crippen molar-refractivity contribution in [3.8, 4) is 6.07 Å². The van der Waals surface area contributed by atoms with Crippen molar-refractivity contribution < 1.29 is 0 Å². The van der Waals surface area contributed by atoms with E-state index in [0.717, 1.165) is 29.2 Å². The Hall–Kier alpha value is -1.55. The molecule has 0 radical (unpaired) electrons. The molecule has 2 fully saturated rings. The second kappa shape index (κ2) is 12.2. The van der Waals surface area contributed by atoms with Crippen molar-refractivity contribution in [2.75, 3.05) is 0 Å². The largest absolute Gasteiger partial charge is 0.192 e. The van der Waals surface area contributed by atoms with Gasteiger partial charge in [-0.1, -0.05) is 82.6 Å². The molecule has 3 rings (SSSR count). The third kappa shape index (κ3) is 7.33. The molecule has 1 aromatic rings. The van der Waals surface area contributed by atoms with Gasteiger partial charge in [-0.3, -0.25) is 0 Å². The van der Waals surface area contributed by atoms with Gasteiger partial charge in [0.15, 0.2) is 0 Å². The van der Waals surface area contributed by atoms with E-state index in [1.165, 1.54) is 95.5 Å². The smallest absolute Gasteiger partial charge is 0.0991 e. The van der Waals surface area contributed by atoms with Crippen molar-refractivity contribution in [1.29, 1.82) is 5.26 Å². The Morgan fingerprint density at radius 1 is 0.828 bits per heavy atom. The van der Waals surface area contributed by atoms with Gasteiger partial charge in [-0.15, -0.1) is 0 Å².